The Kier molecular flexibility index (Phi) is 3.67. The standard InChI is InChI=1S/C12H16N2O4S/c15-11(16)8-1-2-9-10(8)14-12(19-9)13-5-7-6-17-3-4-18-7/h7-8H,1-6H2,(H,13,14)(H,15,16). The van der Waals surface area contributed by atoms with E-state index in [2.05, 4.69) is 10.3 Å². The first kappa shape index (κ1) is 12.8. The van der Waals surface area contributed by atoms with Gasteiger partial charge >= 0.3 is 5.97 Å². The van der Waals surface area contributed by atoms with Crippen molar-refractivity contribution in [3.63, 3.8) is 0 Å². The summed E-state index contributed by atoms with van der Waals surface area (Å²) in [7, 11) is 0. The van der Waals surface area contributed by atoms with Crippen LogP contribution in [-0.4, -0.2) is 48.5 Å². The number of aliphatic carboxylic acids is 1. The lowest BCUT2D eigenvalue weighted by Crippen LogP contribution is -2.34. The lowest BCUT2D eigenvalue weighted by molar-refractivity contribution is -0.138. The van der Waals surface area contributed by atoms with E-state index < -0.39 is 11.9 Å². The molecule has 2 N–H and O–H groups in total. The number of fused-ring (bicyclic) bond motifs is 1. The molecule has 3 rings (SSSR count). The van der Waals surface area contributed by atoms with Gasteiger partial charge in [-0.2, -0.15) is 0 Å². The SMILES string of the molecule is O=C(O)C1CCc2sc(NCC3COCCO3)nc21. The molecular weight excluding hydrogens is 268 g/mol. The number of thiazole rings is 1. The minimum Gasteiger partial charge on any atom is -0.481 e. The van der Waals surface area contributed by atoms with Gasteiger partial charge in [0.15, 0.2) is 5.13 Å². The smallest absolute Gasteiger partial charge is 0.312 e. The van der Waals surface area contributed by atoms with Gasteiger partial charge in [-0.3, -0.25) is 4.79 Å². The molecule has 1 aliphatic carbocycles. The fraction of sp³-hybridized carbons (Fsp3) is 0.667. The van der Waals surface area contributed by atoms with Crippen molar-refractivity contribution in [1.29, 1.82) is 0 Å². The number of carboxylic acid groups (broad SMARTS) is 1. The van der Waals surface area contributed by atoms with Gasteiger partial charge in [-0.15, -0.1) is 11.3 Å². The van der Waals surface area contributed by atoms with E-state index in [0.29, 0.717) is 32.8 Å². The predicted octanol–water partition coefficient (Wildman–Crippen LogP) is 1.08. The van der Waals surface area contributed by atoms with Crippen LogP contribution in [0.1, 0.15) is 22.9 Å². The summed E-state index contributed by atoms with van der Waals surface area (Å²) in [4.78, 5) is 16.6. The third-order valence-corrected chi connectivity index (χ3v) is 4.47. The average molecular weight is 284 g/mol. The van der Waals surface area contributed by atoms with Crippen molar-refractivity contribution in [2.45, 2.75) is 24.9 Å². The number of rotatable bonds is 4. The Morgan fingerprint density at radius 1 is 1.53 bits per heavy atom. The number of carbonyl (C=O) groups is 1. The van der Waals surface area contributed by atoms with Gasteiger partial charge < -0.3 is 19.9 Å². The molecule has 2 aliphatic rings. The van der Waals surface area contributed by atoms with Gasteiger partial charge in [0.2, 0.25) is 0 Å². The Labute approximate surface area is 114 Å². The largest absolute Gasteiger partial charge is 0.481 e. The molecule has 0 bridgehead atoms. The second-order valence-corrected chi connectivity index (χ2v) is 5.79. The quantitative estimate of drug-likeness (QED) is 0.861. The second kappa shape index (κ2) is 5.44. The summed E-state index contributed by atoms with van der Waals surface area (Å²) >= 11 is 1.55. The average Bonchev–Trinajstić information content (AvgIpc) is 2.96. The van der Waals surface area contributed by atoms with Crippen LogP contribution in [0.5, 0.6) is 0 Å². The molecule has 1 aliphatic heterocycles. The van der Waals surface area contributed by atoms with Gasteiger partial charge in [-0.25, -0.2) is 4.98 Å². The van der Waals surface area contributed by atoms with Gasteiger partial charge in [-0.05, 0) is 12.8 Å². The molecule has 1 aromatic rings. The van der Waals surface area contributed by atoms with Crippen molar-refractivity contribution in [2.75, 3.05) is 31.7 Å². The van der Waals surface area contributed by atoms with E-state index >= 15 is 0 Å². The first-order valence-corrected chi connectivity index (χ1v) is 7.21. The third kappa shape index (κ3) is 2.72. The predicted molar refractivity (Wildman–Crippen MR) is 69.9 cm³/mol. The van der Waals surface area contributed by atoms with Crippen LogP contribution in [0, 0.1) is 0 Å². The van der Waals surface area contributed by atoms with Crippen LogP contribution in [0.3, 0.4) is 0 Å². The van der Waals surface area contributed by atoms with Gasteiger partial charge in [-0.1, -0.05) is 0 Å². The summed E-state index contributed by atoms with van der Waals surface area (Å²) in [5.74, 6) is -1.21. The monoisotopic (exact) mass is 284 g/mol. The maximum Gasteiger partial charge on any atom is 0.312 e. The van der Waals surface area contributed by atoms with E-state index in [1.807, 2.05) is 0 Å². The van der Waals surface area contributed by atoms with Gasteiger partial charge in [0.05, 0.1) is 31.6 Å². The highest BCUT2D eigenvalue weighted by Crippen LogP contribution is 2.38. The summed E-state index contributed by atoms with van der Waals surface area (Å²) in [6.45, 7) is 2.52. The van der Waals surface area contributed by atoms with Crippen molar-refractivity contribution in [3.05, 3.63) is 10.6 Å². The normalized spacial score (nSPS) is 26.1. The number of ether oxygens (including phenoxy) is 2. The summed E-state index contributed by atoms with van der Waals surface area (Å²) < 4.78 is 10.9. The van der Waals surface area contributed by atoms with Crippen molar-refractivity contribution < 1.29 is 19.4 Å². The minimum atomic E-state index is -0.778. The maximum atomic E-state index is 11.1. The molecule has 0 radical (unpaired) electrons. The van der Waals surface area contributed by atoms with E-state index in [-0.39, 0.29) is 6.10 Å². The van der Waals surface area contributed by atoms with Crippen LogP contribution in [0.2, 0.25) is 0 Å². The molecule has 0 saturated carbocycles. The highest BCUT2D eigenvalue weighted by atomic mass is 32.1. The van der Waals surface area contributed by atoms with Gasteiger partial charge in [0.1, 0.15) is 5.92 Å². The number of aryl methyl sites for hydroxylation is 1. The molecule has 1 aromatic heterocycles. The molecule has 2 heterocycles. The Bertz CT molecular complexity index is 470. The number of carboxylic acids is 1. The van der Waals surface area contributed by atoms with Gasteiger partial charge in [0, 0.05) is 11.4 Å². The van der Waals surface area contributed by atoms with Crippen LogP contribution < -0.4 is 5.32 Å². The van der Waals surface area contributed by atoms with Crippen molar-refractivity contribution in [3.8, 4) is 0 Å². The molecule has 2 atom stereocenters. The number of hydrogen-bond donors (Lipinski definition) is 2. The molecule has 1 saturated heterocycles. The zero-order chi connectivity index (χ0) is 13.2. The van der Waals surface area contributed by atoms with E-state index in [1.54, 1.807) is 11.3 Å². The molecule has 7 heteroatoms. The number of nitrogens with zero attached hydrogens (tertiary/aromatic N) is 1. The molecule has 0 spiro atoms. The Balaban J connectivity index is 1.60. The van der Waals surface area contributed by atoms with Crippen molar-refractivity contribution in [2.24, 2.45) is 0 Å². The second-order valence-electron chi connectivity index (χ2n) is 4.71. The topological polar surface area (TPSA) is 80.7 Å². The van der Waals surface area contributed by atoms with Crippen LogP contribution >= 0.6 is 11.3 Å². The van der Waals surface area contributed by atoms with Crippen molar-refractivity contribution >= 4 is 22.4 Å². The van der Waals surface area contributed by atoms with Crippen LogP contribution in [0.15, 0.2) is 0 Å². The van der Waals surface area contributed by atoms with Crippen LogP contribution in [0.25, 0.3) is 0 Å². The fourth-order valence-electron chi connectivity index (χ4n) is 2.40. The number of aromatic nitrogens is 1. The minimum absolute atomic E-state index is 0.0442. The number of nitrogens with one attached hydrogen (secondary N) is 1. The van der Waals surface area contributed by atoms with E-state index in [4.69, 9.17) is 14.6 Å². The molecule has 19 heavy (non-hydrogen) atoms. The molecule has 0 aromatic carbocycles. The van der Waals surface area contributed by atoms with E-state index in [9.17, 15) is 4.79 Å². The zero-order valence-corrected chi connectivity index (χ0v) is 11.2. The summed E-state index contributed by atoms with van der Waals surface area (Å²) in [6.07, 6.45) is 1.53. The number of hydrogen-bond acceptors (Lipinski definition) is 6. The molecule has 1 fully saturated rings. The number of anilines is 1. The van der Waals surface area contributed by atoms with Gasteiger partial charge in [0.25, 0.3) is 0 Å². The molecule has 6 nitrogen and oxygen atoms in total. The first-order valence-electron chi connectivity index (χ1n) is 6.39. The molecular formula is C12H16N2O4S. The zero-order valence-electron chi connectivity index (χ0n) is 10.4. The molecule has 0 amide bonds. The summed E-state index contributed by atoms with van der Waals surface area (Å²) in [6, 6.07) is 0. The fourth-order valence-corrected chi connectivity index (χ4v) is 3.44. The third-order valence-electron chi connectivity index (χ3n) is 3.38. The van der Waals surface area contributed by atoms with Crippen molar-refractivity contribution in [1.82, 2.24) is 4.98 Å². The van der Waals surface area contributed by atoms with Crippen LogP contribution in [-0.2, 0) is 20.7 Å². The Hall–Kier alpha value is -1.18. The summed E-state index contributed by atoms with van der Waals surface area (Å²) in [5, 5.41) is 13.1. The molecule has 2 unspecified atom stereocenters. The lowest BCUT2D eigenvalue weighted by Gasteiger charge is -2.22. The highest BCUT2D eigenvalue weighted by Gasteiger charge is 2.32. The Morgan fingerprint density at radius 2 is 2.42 bits per heavy atom. The summed E-state index contributed by atoms with van der Waals surface area (Å²) in [5.41, 5.74) is 0.737. The van der Waals surface area contributed by atoms with Crippen LogP contribution in [0.4, 0.5) is 5.13 Å². The lowest BCUT2D eigenvalue weighted by atomic mass is 10.1. The molecule has 104 valence electrons. The first-order chi connectivity index (χ1) is 9.24. The Morgan fingerprint density at radius 3 is 3.16 bits per heavy atom. The maximum absolute atomic E-state index is 11.1. The van der Waals surface area contributed by atoms with E-state index in [1.165, 1.54) is 0 Å². The van der Waals surface area contributed by atoms with E-state index in [0.717, 1.165) is 22.1 Å². The highest BCUT2D eigenvalue weighted by molar-refractivity contribution is 7.15.